The normalized spacial score (nSPS) is 14.7. The van der Waals surface area contributed by atoms with E-state index in [9.17, 15) is 68.1 Å². The minimum atomic E-state index is -1.82. The van der Waals surface area contributed by atoms with E-state index in [4.69, 9.17) is 34.4 Å². The van der Waals surface area contributed by atoms with Crippen molar-refractivity contribution in [3.63, 3.8) is 0 Å². The van der Waals surface area contributed by atoms with Crippen LogP contribution in [0.5, 0.6) is 0 Å². The summed E-state index contributed by atoms with van der Waals surface area (Å²) in [6, 6.07) is -11.3. The predicted molar refractivity (Wildman–Crippen MR) is 269 cm³/mol. The first kappa shape index (κ1) is 67.3. The summed E-state index contributed by atoms with van der Waals surface area (Å²) in [5, 5.41) is 48.9. The van der Waals surface area contributed by atoms with Crippen LogP contribution in [0.2, 0.25) is 0 Å². The zero-order valence-corrected chi connectivity index (χ0v) is 43.1. The number of aliphatic carboxylic acids is 2. The summed E-state index contributed by atoms with van der Waals surface area (Å²) in [5.74, 6) is -11.9. The Balaban J connectivity index is 6.50. The van der Waals surface area contributed by atoms with Gasteiger partial charge in [-0.3, -0.25) is 52.9 Å². The van der Waals surface area contributed by atoms with Crippen LogP contribution in [-0.4, -0.2) is 167 Å². The standard InChI is InChI=1S/C45H83N15O14/c1-23(2)21-31(44(73)74)58-39(68)29(15-17-34(64)65)54-33(63)22-53-38(67)27(12-7-9-19-47)55-40(69)30(14-16-32(49)62)57-43(72)36(25(5)61)60-41(70)28(13-10-20-52-45(50)51)56-42(71)35(24(3)4)59-37(66)26(48)11-6-8-18-46/h23-31,35-36,61H,6-22,46-48H2,1-5H3,(H2,49,62)(H,53,67)(H,54,63)(H,55,69)(H,56,71)(H,57,72)(H,58,68)(H,59,66)(H,60,70)(H,64,65)(H,73,74)(H4,50,51,52)/t25-,26+,27+,28+,29+,30+,31+,35+,36+/m1/s1. The third kappa shape index (κ3) is 28.5. The quantitative estimate of drug-likeness (QED) is 0.0155. The molecule has 0 aromatic heterocycles. The smallest absolute Gasteiger partial charge is 0.326 e. The molecule has 422 valence electrons. The molecule has 9 amide bonds. The van der Waals surface area contributed by atoms with E-state index in [2.05, 4.69) is 47.5 Å². The van der Waals surface area contributed by atoms with Gasteiger partial charge in [0.15, 0.2) is 5.96 Å². The van der Waals surface area contributed by atoms with Crippen molar-refractivity contribution < 1.29 is 68.1 Å². The molecule has 0 aliphatic carbocycles. The van der Waals surface area contributed by atoms with Crippen LogP contribution in [0.4, 0.5) is 0 Å². The number of rotatable bonds is 39. The van der Waals surface area contributed by atoms with E-state index >= 15 is 0 Å². The average molecular weight is 1060 g/mol. The van der Waals surface area contributed by atoms with E-state index in [1.54, 1.807) is 27.7 Å². The van der Waals surface area contributed by atoms with Gasteiger partial charge in [-0.1, -0.05) is 34.1 Å². The SMILES string of the molecule is CC(C)C[C@H](NC(=O)[C@H](CCC(=O)O)NC(=O)CNC(=O)[C@H](CCCCN)NC(=O)[C@H](CCC(N)=O)NC(=O)[C@@H](NC(=O)[C@H](CCCN=C(N)N)NC(=O)[C@@H](NC(=O)[C@@H](N)CCCCN)C(C)C)[C@@H](C)O)C(=O)O. The highest BCUT2D eigenvalue weighted by Gasteiger charge is 2.36. The van der Waals surface area contributed by atoms with Gasteiger partial charge in [0.25, 0.3) is 0 Å². The fourth-order valence-electron chi connectivity index (χ4n) is 7.02. The van der Waals surface area contributed by atoms with Gasteiger partial charge in [-0.25, -0.2) is 4.79 Å². The fraction of sp³-hybridized carbons (Fsp3) is 0.733. The Labute approximate surface area is 430 Å². The number of carboxylic acids is 2. The molecule has 0 rings (SSSR count). The van der Waals surface area contributed by atoms with Crippen molar-refractivity contribution in [2.75, 3.05) is 26.2 Å². The summed E-state index contributed by atoms with van der Waals surface area (Å²) in [4.78, 5) is 147. The van der Waals surface area contributed by atoms with Crippen LogP contribution < -0.4 is 76.9 Å². The summed E-state index contributed by atoms with van der Waals surface area (Å²) < 4.78 is 0. The molecule has 0 aromatic rings. The van der Waals surface area contributed by atoms with E-state index in [0.717, 1.165) is 6.92 Å². The molecule has 0 saturated carbocycles. The van der Waals surface area contributed by atoms with Crippen LogP contribution in [0.25, 0.3) is 0 Å². The van der Waals surface area contributed by atoms with Gasteiger partial charge in [0.05, 0.1) is 18.7 Å². The molecule has 29 nitrogen and oxygen atoms in total. The molecule has 0 saturated heterocycles. The lowest BCUT2D eigenvalue weighted by Gasteiger charge is -2.29. The molecule has 0 aliphatic rings. The second-order valence-corrected chi connectivity index (χ2v) is 18.6. The molecule has 0 unspecified atom stereocenters. The maximum Gasteiger partial charge on any atom is 0.326 e. The van der Waals surface area contributed by atoms with Gasteiger partial charge in [-0.2, -0.15) is 0 Å². The molecule has 74 heavy (non-hydrogen) atoms. The second kappa shape index (κ2) is 36.2. The highest BCUT2D eigenvalue weighted by Crippen LogP contribution is 2.11. The molecule has 9 atom stereocenters. The molecule has 0 aromatic carbocycles. The molecule has 0 spiro atoms. The van der Waals surface area contributed by atoms with Crippen molar-refractivity contribution in [1.29, 1.82) is 0 Å². The predicted octanol–water partition coefficient (Wildman–Crippen LogP) is -5.57. The number of nitrogens with two attached hydrogens (primary N) is 6. The van der Waals surface area contributed by atoms with Crippen molar-refractivity contribution in [1.82, 2.24) is 42.5 Å². The molecular formula is C45H83N15O14. The third-order valence-corrected chi connectivity index (χ3v) is 11.1. The zero-order chi connectivity index (χ0) is 56.7. The first-order valence-corrected chi connectivity index (χ1v) is 24.7. The zero-order valence-electron chi connectivity index (χ0n) is 43.1. The number of guanidine groups is 1. The van der Waals surface area contributed by atoms with Crippen molar-refractivity contribution in [3.05, 3.63) is 0 Å². The third-order valence-electron chi connectivity index (χ3n) is 11.1. The Hall–Kier alpha value is -6.72. The molecule has 0 fully saturated rings. The Morgan fingerprint density at radius 1 is 0.514 bits per heavy atom. The second-order valence-electron chi connectivity index (χ2n) is 18.6. The maximum atomic E-state index is 13.9. The molecule has 29 heteroatoms. The Morgan fingerprint density at radius 3 is 1.47 bits per heavy atom. The lowest BCUT2D eigenvalue weighted by atomic mass is 10.0. The van der Waals surface area contributed by atoms with E-state index in [1.807, 2.05) is 0 Å². The summed E-state index contributed by atoms with van der Waals surface area (Å²) in [6.07, 6.45) is -1.54. The molecule has 0 radical (unpaired) electrons. The van der Waals surface area contributed by atoms with Crippen LogP contribution >= 0.6 is 0 Å². The van der Waals surface area contributed by atoms with Gasteiger partial charge in [0.2, 0.25) is 53.2 Å². The highest BCUT2D eigenvalue weighted by molar-refractivity contribution is 5.98. The van der Waals surface area contributed by atoms with Crippen LogP contribution in [-0.2, 0) is 52.7 Å². The van der Waals surface area contributed by atoms with Crippen LogP contribution in [0, 0.1) is 11.8 Å². The minimum absolute atomic E-state index is 0.0163. The van der Waals surface area contributed by atoms with Gasteiger partial charge in [-0.15, -0.1) is 0 Å². The largest absolute Gasteiger partial charge is 0.481 e. The number of hydrogen-bond donors (Lipinski definition) is 17. The number of primary amides is 1. The molecule has 0 aliphatic heterocycles. The van der Waals surface area contributed by atoms with E-state index < -0.39 is 158 Å². The van der Waals surface area contributed by atoms with Crippen molar-refractivity contribution >= 4 is 71.1 Å². The first-order valence-electron chi connectivity index (χ1n) is 24.7. The number of nitrogens with zero attached hydrogens (tertiary/aromatic N) is 1. The number of aliphatic hydroxyl groups is 1. The molecule has 0 bridgehead atoms. The lowest BCUT2D eigenvalue weighted by Crippen LogP contribution is -2.62. The highest BCUT2D eigenvalue weighted by atomic mass is 16.4. The molecule has 23 N–H and O–H groups in total. The number of nitrogens with one attached hydrogen (secondary N) is 8. The Morgan fingerprint density at radius 2 is 0.973 bits per heavy atom. The van der Waals surface area contributed by atoms with Gasteiger partial charge in [0.1, 0.15) is 42.3 Å². The van der Waals surface area contributed by atoms with Gasteiger partial charge in [0, 0.05) is 19.4 Å². The van der Waals surface area contributed by atoms with Crippen molar-refractivity contribution in [2.24, 2.45) is 51.2 Å². The van der Waals surface area contributed by atoms with Crippen molar-refractivity contribution in [3.8, 4) is 0 Å². The number of aliphatic imine (C=N–C) groups is 1. The topological polar surface area (TPSA) is 513 Å². The molecular weight excluding hydrogens is 975 g/mol. The number of unbranched alkanes of at least 4 members (excludes halogenated alkanes) is 2. The maximum absolute atomic E-state index is 13.9. The lowest BCUT2D eigenvalue weighted by molar-refractivity contribution is -0.143. The monoisotopic (exact) mass is 1060 g/mol. The summed E-state index contributed by atoms with van der Waals surface area (Å²) in [7, 11) is 0. The number of aliphatic hydroxyl groups excluding tert-OH is 1. The Bertz CT molecular complexity index is 1900. The van der Waals surface area contributed by atoms with Gasteiger partial charge >= 0.3 is 11.9 Å². The van der Waals surface area contributed by atoms with Crippen LogP contribution in [0.15, 0.2) is 4.99 Å². The summed E-state index contributed by atoms with van der Waals surface area (Å²) in [6.45, 7) is 7.67. The minimum Gasteiger partial charge on any atom is -0.481 e. The number of carbonyl (C=O) groups is 11. The molecule has 0 heterocycles. The van der Waals surface area contributed by atoms with Gasteiger partial charge in [-0.05, 0) is 96.1 Å². The number of carbonyl (C=O) groups excluding carboxylic acids is 9. The summed E-state index contributed by atoms with van der Waals surface area (Å²) in [5.41, 5.74) is 33.5. The average Bonchev–Trinajstić information content (AvgIpc) is 3.31. The van der Waals surface area contributed by atoms with Gasteiger partial charge < -0.3 is 92.3 Å². The van der Waals surface area contributed by atoms with Crippen molar-refractivity contribution in [2.45, 2.75) is 173 Å². The van der Waals surface area contributed by atoms with Crippen LogP contribution in [0.1, 0.15) is 118 Å². The fourth-order valence-corrected chi connectivity index (χ4v) is 7.02. The Kier molecular flexibility index (Phi) is 33.0. The number of carboxylic acid groups (broad SMARTS) is 2. The number of amides is 9. The van der Waals surface area contributed by atoms with E-state index in [1.165, 1.54) is 0 Å². The summed E-state index contributed by atoms with van der Waals surface area (Å²) >= 11 is 0. The van der Waals surface area contributed by atoms with Crippen LogP contribution in [0.3, 0.4) is 0 Å². The first-order chi connectivity index (χ1) is 34.6. The van der Waals surface area contributed by atoms with E-state index in [0.29, 0.717) is 32.2 Å². The number of hydrogen-bond acceptors (Lipinski definition) is 16. The van der Waals surface area contributed by atoms with E-state index in [-0.39, 0.29) is 57.1 Å².